The summed E-state index contributed by atoms with van der Waals surface area (Å²) < 4.78 is 5.86. The number of rotatable bonds is 4. The number of hydrogen-bond donors (Lipinski definition) is 1. The number of para-hydroxylation sites is 1. The third-order valence-electron chi connectivity index (χ3n) is 6.38. The van der Waals surface area contributed by atoms with Gasteiger partial charge in [0.25, 0.3) is 0 Å². The van der Waals surface area contributed by atoms with Gasteiger partial charge in [-0.15, -0.1) is 0 Å². The van der Waals surface area contributed by atoms with Gasteiger partial charge < -0.3 is 14.3 Å². The molecule has 1 saturated carbocycles. The summed E-state index contributed by atoms with van der Waals surface area (Å²) >= 11 is 0. The predicted octanol–water partition coefficient (Wildman–Crippen LogP) is 5.30. The van der Waals surface area contributed by atoms with Crippen LogP contribution in [-0.2, 0) is 4.79 Å². The molecule has 2 unspecified atom stereocenters. The number of likely N-dealkylation sites (tertiary alicyclic amines) is 1. The number of amides is 1. The standard InChI is InChI=1S/C24H26N2O2/c1-16-14-20(16)23-8-6-18(28-23)7-9-24(27)26-12-10-17(11-13-26)21-15-25-22-5-3-2-4-19(21)22/h2-9,15-17,20,25H,10-14H2,1H3/b9-7+. The number of piperidine rings is 1. The Balaban J connectivity index is 1.19. The molecule has 144 valence electrons. The van der Waals surface area contributed by atoms with E-state index in [1.165, 1.54) is 22.9 Å². The van der Waals surface area contributed by atoms with Crippen LogP contribution in [0.2, 0.25) is 0 Å². The van der Waals surface area contributed by atoms with E-state index in [1.807, 2.05) is 23.1 Å². The Kier molecular flexibility index (Phi) is 4.34. The number of aromatic nitrogens is 1. The van der Waals surface area contributed by atoms with Crippen LogP contribution in [0.25, 0.3) is 17.0 Å². The molecule has 28 heavy (non-hydrogen) atoms. The van der Waals surface area contributed by atoms with Gasteiger partial charge in [-0.3, -0.25) is 4.79 Å². The lowest BCUT2D eigenvalue weighted by Gasteiger charge is -2.31. The molecule has 1 amide bonds. The van der Waals surface area contributed by atoms with Crippen molar-refractivity contribution in [1.29, 1.82) is 0 Å². The second-order valence-electron chi connectivity index (χ2n) is 8.28. The Morgan fingerprint density at radius 3 is 2.75 bits per heavy atom. The molecule has 1 N–H and O–H groups in total. The maximum absolute atomic E-state index is 12.6. The molecule has 4 heteroatoms. The molecule has 2 aromatic heterocycles. The molecule has 2 atom stereocenters. The first-order valence-electron chi connectivity index (χ1n) is 10.3. The Hall–Kier alpha value is -2.75. The van der Waals surface area contributed by atoms with Crippen molar-refractivity contribution in [2.75, 3.05) is 13.1 Å². The van der Waals surface area contributed by atoms with Crippen LogP contribution in [0, 0.1) is 5.92 Å². The van der Waals surface area contributed by atoms with Crippen LogP contribution < -0.4 is 0 Å². The van der Waals surface area contributed by atoms with E-state index in [0.29, 0.717) is 11.8 Å². The summed E-state index contributed by atoms with van der Waals surface area (Å²) in [7, 11) is 0. The molecule has 2 fully saturated rings. The second kappa shape index (κ2) is 7.01. The number of aromatic amines is 1. The van der Waals surface area contributed by atoms with E-state index < -0.39 is 0 Å². The summed E-state index contributed by atoms with van der Waals surface area (Å²) in [6, 6.07) is 12.5. The smallest absolute Gasteiger partial charge is 0.246 e. The number of H-pyrrole nitrogens is 1. The highest BCUT2D eigenvalue weighted by molar-refractivity contribution is 5.91. The summed E-state index contributed by atoms with van der Waals surface area (Å²) in [5.74, 6) is 3.71. The normalized spacial score (nSPS) is 23.0. The quantitative estimate of drug-likeness (QED) is 0.630. The fraction of sp³-hybridized carbons (Fsp3) is 0.375. The number of carbonyl (C=O) groups excluding carboxylic acids is 1. The molecule has 0 spiro atoms. The number of fused-ring (bicyclic) bond motifs is 1. The lowest BCUT2D eigenvalue weighted by molar-refractivity contribution is -0.126. The van der Waals surface area contributed by atoms with E-state index in [-0.39, 0.29) is 5.91 Å². The first kappa shape index (κ1) is 17.4. The van der Waals surface area contributed by atoms with Gasteiger partial charge in [0, 0.05) is 42.2 Å². The van der Waals surface area contributed by atoms with Crippen molar-refractivity contribution in [2.45, 2.75) is 38.0 Å². The molecule has 1 saturated heterocycles. The van der Waals surface area contributed by atoms with Crippen LogP contribution in [0.3, 0.4) is 0 Å². The highest BCUT2D eigenvalue weighted by atomic mass is 16.3. The van der Waals surface area contributed by atoms with Gasteiger partial charge in [-0.05, 0) is 60.9 Å². The zero-order valence-electron chi connectivity index (χ0n) is 16.2. The van der Waals surface area contributed by atoms with Gasteiger partial charge in [0.05, 0.1) is 0 Å². The van der Waals surface area contributed by atoms with Crippen LogP contribution in [0.4, 0.5) is 0 Å². The zero-order chi connectivity index (χ0) is 19.1. The monoisotopic (exact) mass is 374 g/mol. The number of nitrogens with one attached hydrogen (secondary N) is 1. The van der Waals surface area contributed by atoms with Gasteiger partial charge in [0.2, 0.25) is 5.91 Å². The first-order chi connectivity index (χ1) is 13.7. The molecular formula is C24H26N2O2. The number of benzene rings is 1. The van der Waals surface area contributed by atoms with Crippen LogP contribution in [-0.4, -0.2) is 28.9 Å². The fourth-order valence-corrected chi connectivity index (χ4v) is 4.48. The highest BCUT2D eigenvalue weighted by Gasteiger charge is 2.36. The number of hydrogen-bond acceptors (Lipinski definition) is 2. The lowest BCUT2D eigenvalue weighted by atomic mass is 9.89. The summed E-state index contributed by atoms with van der Waals surface area (Å²) in [6.07, 6.45) is 8.83. The third kappa shape index (κ3) is 3.28. The largest absolute Gasteiger partial charge is 0.461 e. The summed E-state index contributed by atoms with van der Waals surface area (Å²) in [4.78, 5) is 17.9. The van der Waals surface area contributed by atoms with Gasteiger partial charge in [-0.1, -0.05) is 25.1 Å². The fourth-order valence-electron chi connectivity index (χ4n) is 4.48. The minimum atomic E-state index is 0.0788. The van der Waals surface area contributed by atoms with Crippen molar-refractivity contribution < 1.29 is 9.21 Å². The van der Waals surface area contributed by atoms with Crippen molar-refractivity contribution in [2.24, 2.45) is 5.92 Å². The molecule has 3 aromatic rings. The summed E-state index contributed by atoms with van der Waals surface area (Å²) in [5.41, 5.74) is 2.58. The Bertz CT molecular complexity index is 1020. The van der Waals surface area contributed by atoms with Crippen molar-refractivity contribution >= 4 is 22.9 Å². The van der Waals surface area contributed by atoms with E-state index in [1.54, 1.807) is 6.08 Å². The molecular weight excluding hydrogens is 348 g/mol. The summed E-state index contributed by atoms with van der Waals surface area (Å²) in [6.45, 7) is 3.85. The third-order valence-corrected chi connectivity index (χ3v) is 6.38. The maximum Gasteiger partial charge on any atom is 0.246 e. The van der Waals surface area contributed by atoms with Crippen LogP contribution in [0.1, 0.15) is 55.1 Å². The topological polar surface area (TPSA) is 49.2 Å². The minimum Gasteiger partial charge on any atom is -0.461 e. The molecule has 1 aliphatic heterocycles. The van der Waals surface area contributed by atoms with Gasteiger partial charge in [0.15, 0.2) is 0 Å². The van der Waals surface area contributed by atoms with E-state index in [4.69, 9.17) is 4.42 Å². The Labute approximate surface area is 165 Å². The maximum atomic E-state index is 12.6. The molecule has 0 radical (unpaired) electrons. The zero-order valence-corrected chi connectivity index (χ0v) is 16.2. The van der Waals surface area contributed by atoms with E-state index >= 15 is 0 Å². The summed E-state index contributed by atoms with van der Waals surface area (Å²) in [5, 5.41) is 1.31. The SMILES string of the molecule is CC1CC1c1ccc(/C=C/C(=O)N2CCC(c3c[nH]c4ccccc34)CC2)o1. The Morgan fingerprint density at radius 2 is 1.96 bits per heavy atom. The number of nitrogens with zero attached hydrogens (tertiary/aromatic N) is 1. The van der Waals surface area contributed by atoms with E-state index in [0.717, 1.165) is 43.4 Å². The first-order valence-corrected chi connectivity index (χ1v) is 10.3. The van der Waals surface area contributed by atoms with Gasteiger partial charge in [0.1, 0.15) is 11.5 Å². The van der Waals surface area contributed by atoms with Crippen molar-refractivity contribution in [3.05, 3.63) is 65.8 Å². The molecule has 4 nitrogen and oxygen atoms in total. The van der Waals surface area contributed by atoms with E-state index in [2.05, 4.69) is 42.4 Å². The molecule has 2 aliphatic rings. The van der Waals surface area contributed by atoms with Crippen LogP contribution >= 0.6 is 0 Å². The predicted molar refractivity (Wildman–Crippen MR) is 111 cm³/mol. The van der Waals surface area contributed by atoms with Crippen molar-refractivity contribution in [3.8, 4) is 0 Å². The molecule has 0 bridgehead atoms. The minimum absolute atomic E-state index is 0.0788. The number of carbonyl (C=O) groups is 1. The molecule has 1 aromatic carbocycles. The van der Waals surface area contributed by atoms with Gasteiger partial charge in [-0.25, -0.2) is 0 Å². The van der Waals surface area contributed by atoms with Crippen molar-refractivity contribution in [1.82, 2.24) is 9.88 Å². The second-order valence-corrected chi connectivity index (χ2v) is 8.28. The molecule has 1 aliphatic carbocycles. The molecule has 3 heterocycles. The van der Waals surface area contributed by atoms with Gasteiger partial charge >= 0.3 is 0 Å². The average Bonchev–Trinajstić information content (AvgIpc) is 3.12. The lowest BCUT2D eigenvalue weighted by Crippen LogP contribution is -2.36. The van der Waals surface area contributed by atoms with Crippen LogP contribution in [0.15, 0.2) is 53.1 Å². The highest BCUT2D eigenvalue weighted by Crippen LogP contribution is 2.47. The van der Waals surface area contributed by atoms with Gasteiger partial charge in [-0.2, -0.15) is 0 Å². The number of furan rings is 1. The van der Waals surface area contributed by atoms with Crippen molar-refractivity contribution in [3.63, 3.8) is 0 Å². The molecule has 5 rings (SSSR count). The average molecular weight is 374 g/mol. The van der Waals surface area contributed by atoms with E-state index in [9.17, 15) is 4.79 Å². The van der Waals surface area contributed by atoms with Crippen LogP contribution in [0.5, 0.6) is 0 Å². The Morgan fingerprint density at radius 1 is 1.18 bits per heavy atom.